The van der Waals surface area contributed by atoms with Crippen molar-refractivity contribution in [2.75, 3.05) is 25.0 Å². The molecule has 0 atom stereocenters. The highest BCUT2D eigenvalue weighted by Crippen LogP contribution is 2.23. The van der Waals surface area contributed by atoms with Crippen molar-refractivity contribution >= 4 is 34.4 Å². The second-order valence-electron chi connectivity index (χ2n) is 6.87. The molecule has 4 rings (SSSR count). The highest BCUT2D eigenvalue weighted by molar-refractivity contribution is 6.31. The molecule has 7 nitrogen and oxygen atoms in total. The first-order chi connectivity index (χ1) is 13.0. The third-order valence-electron chi connectivity index (χ3n) is 5.08. The molecule has 1 aliphatic rings. The third kappa shape index (κ3) is 3.60. The maximum atomic E-state index is 12.6. The Kier molecular flexibility index (Phi) is 4.70. The quantitative estimate of drug-likeness (QED) is 0.694. The van der Waals surface area contributed by atoms with E-state index in [-0.39, 0.29) is 11.9 Å². The van der Waals surface area contributed by atoms with Crippen LogP contribution in [0.2, 0.25) is 5.02 Å². The number of carbonyl (C=O) groups is 1. The summed E-state index contributed by atoms with van der Waals surface area (Å²) in [7, 11) is 3.67. The van der Waals surface area contributed by atoms with Crippen molar-refractivity contribution in [3.8, 4) is 0 Å². The van der Waals surface area contributed by atoms with Gasteiger partial charge < -0.3 is 9.80 Å². The number of fused-ring (bicyclic) bond motifs is 1. The van der Waals surface area contributed by atoms with Crippen molar-refractivity contribution in [3.63, 3.8) is 0 Å². The van der Waals surface area contributed by atoms with Crippen molar-refractivity contribution in [1.82, 2.24) is 24.6 Å². The molecule has 0 aliphatic carbocycles. The summed E-state index contributed by atoms with van der Waals surface area (Å²) >= 11 is 6.01. The minimum atomic E-state index is -0.0311. The number of aryl methyl sites for hydroxylation is 1. The van der Waals surface area contributed by atoms with Crippen LogP contribution in [-0.4, -0.2) is 56.7 Å². The molecular formula is C19H21ClN6O. The molecule has 1 amide bonds. The molecule has 1 aliphatic heterocycles. The largest absolute Gasteiger partial charge is 0.355 e. The van der Waals surface area contributed by atoms with Gasteiger partial charge >= 0.3 is 0 Å². The molecule has 0 spiro atoms. The highest BCUT2D eigenvalue weighted by atomic mass is 35.5. The van der Waals surface area contributed by atoms with E-state index in [1.54, 1.807) is 23.1 Å². The minimum absolute atomic E-state index is 0.0311. The second-order valence-corrected chi connectivity index (χ2v) is 7.31. The standard InChI is InChI=1S/C19H21ClN6O/c1-24-8-7-16(23-24)19(27)25(2)14-5-9-26(10-6-14)18-12-21-17-11-13(20)3-4-15(17)22-18/h3-4,7-8,11-12,14H,5-6,9-10H2,1-2H3. The van der Waals surface area contributed by atoms with E-state index in [2.05, 4.69) is 15.0 Å². The van der Waals surface area contributed by atoms with Crippen LogP contribution in [0.1, 0.15) is 23.3 Å². The molecule has 8 heteroatoms. The molecule has 0 bridgehead atoms. The Bertz CT molecular complexity index is 979. The predicted octanol–water partition coefficient (Wildman–Crippen LogP) is 2.76. The van der Waals surface area contributed by atoms with Gasteiger partial charge in [-0.1, -0.05) is 11.6 Å². The Morgan fingerprint density at radius 2 is 2.00 bits per heavy atom. The Morgan fingerprint density at radius 3 is 2.70 bits per heavy atom. The van der Waals surface area contributed by atoms with Gasteiger partial charge in [-0.3, -0.25) is 14.5 Å². The molecule has 27 heavy (non-hydrogen) atoms. The van der Waals surface area contributed by atoms with E-state index in [9.17, 15) is 4.79 Å². The van der Waals surface area contributed by atoms with Gasteiger partial charge in [0.25, 0.3) is 5.91 Å². The molecule has 3 aromatic rings. The van der Waals surface area contributed by atoms with Gasteiger partial charge in [0.2, 0.25) is 0 Å². The average molecular weight is 385 g/mol. The summed E-state index contributed by atoms with van der Waals surface area (Å²) in [5.74, 6) is 0.832. The topological polar surface area (TPSA) is 67.2 Å². The third-order valence-corrected chi connectivity index (χ3v) is 5.32. The average Bonchev–Trinajstić information content (AvgIpc) is 3.13. The lowest BCUT2D eigenvalue weighted by molar-refractivity contribution is 0.0702. The van der Waals surface area contributed by atoms with Gasteiger partial charge in [0.1, 0.15) is 11.5 Å². The summed E-state index contributed by atoms with van der Waals surface area (Å²) in [5, 5.41) is 4.87. The fourth-order valence-electron chi connectivity index (χ4n) is 3.48. The number of nitrogens with zero attached hydrogens (tertiary/aromatic N) is 6. The number of hydrogen-bond donors (Lipinski definition) is 0. The second kappa shape index (κ2) is 7.15. The van der Waals surface area contributed by atoms with Gasteiger partial charge in [0.05, 0.1) is 17.2 Å². The Hall–Kier alpha value is -2.67. The first kappa shape index (κ1) is 17.7. The Balaban J connectivity index is 1.42. The molecule has 2 aromatic heterocycles. The number of piperidine rings is 1. The van der Waals surface area contributed by atoms with Crippen LogP contribution in [0.4, 0.5) is 5.82 Å². The van der Waals surface area contributed by atoms with E-state index in [4.69, 9.17) is 16.6 Å². The zero-order valence-electron chi connectivity index (χ0n) is 15.3. The fourth-order valence-corrected chi connectivity index (χ4v) is 3.65. The van der Waals surface area contributed by atoms with Crippen molar-refractivity contribution < 1.29 is 4.79 Å². The van der Waals surface area contributed by atoms with Gasteiger partial charge in [-0.05, 0) is 37.1 Å². The summed E-state index contributed by atoms with van der Waals surface area (Å²) in [5.41, 5.74) is 2.12. The number of hydrogen-bond acceptors (Lipinski definition) is 5. The number of aromatic nitrogens is 4. The molecule has 0 N–H and O–H groups in total. The van der Waals surface area contributed by atoms with Crippen LogP contribution < -0.4 is 4.90 Å². The van der Waals surface area contributed by atoms with Crippen molar-refractivity contribution in [1.29, 1.82) is 0 Å². The molecule has 1 saturated heterocycles. The maximum absolute atomic E-state index is 12.6. The fraction of sp³-hybridized carbons (Fsp3) is 0.368. The van der Waals surface area contributed by atoms with E-state index in [0.717, 1.165) is 42.8 Å². The van der Waals surface area contributed by atoms with E-state index < -0.39 is 0 Å². The van der Waals surface area contributed by atoms with Gasteiger partial charge in [0.15, 0.2) is 0 Å². The van der Waals surface area contributed by atoms with Crippen LogP contribution >= 0.6 is 11.6 Å². The molecule has 3 heterocycles. The maximum Gasteiger partial charge on any atom is 0.274 e. The summed E-state index contributed by atoms with van der Waals surface area (Å²) in [6, 6.07) is 7.48. The van der Waals surface area contributed by atoms with Crippen molar-refractivity contribution in [2.24, 2.45) is 7.05 Å². The van der Waals surface area contributed by atoms with Crippen molar-refractivity contribution in [3.05, 3.63) is 47.4 Å². The van der Waals surface area contributed by atoms with Crippen LogP contribution in [0, 0.1) is 0 Å². The number of anilines is 1. The molecular weight excluding hydrogens is 364 g/mol. The molecule has 1 aromatic carbocycles. The Labute approximate surface area is 162 Å². The number of benzene rings is 1. The van der Waals surface area contributed by atoms with E-state index >= 15 is 0 Å². The molecule has 140 valence electrons. The van der Waals surface area contributed by atoms with Crippen LogP contribution in [-0.2, 0) is 7.05 Å². The zero-order chi connectivity index (χ0) is 19.0. The summed E-state index contributed by atoms with van der Waals surface area (Å²) in [6.45, 7) is 1.66. The number of rotatable bonds is 3. The van der Waals surface area contributed by atoms with E-state index in [0.29, 0.717) is 10.7 Å². The first-order valence-corrected chi connectivity index (χ1v) is 9.33. The van der Waals surface area contributed by atoms with Crippen LogP contribution in [0.15, 0.2) is 36.7 Å². The van der Waals surface area contributed by atoms with E-state index in [1.165, 1.54) is 0 Å². The van der Waals surface area contributed by atoms with Crippen LogP contribution in [0.5, 0.6) is 0 Å². The SMILES string of the molecule is CN(C(=O)c1ccn(C)n1)C1CCN(c2cnc3cc(Cl)ccc3n2)CC1. The van der Waals surface area contributed by atoms with Gasteiger partial charge in [-0.25, -0.2) is 4.98 Å². The van der Waals surface area contributed by atoms with Gasteiger partial charge in [-0.15, -0.1) is 0 Å². The molecule has 1 fully saturated rings. The smallest absolute Gasteiger partial charge is 0.274 e. The zero-order valence-corrected chi connectivity index (χ0v) is 16.1. The number of halogens is 1. The minimum Gasteiger partial charge on any atom is -0.355 e. The van der Waals surface area contributed by atoms with Crippen LogP contribution in [0.3, 0.4) is 0 Å². The van der Waals surface area contributed by atoms with Gasteiger partial charge in [-0.2, -0.15) is 5.10 Å². The molecule has 0 saturated carbocycles. The predicted molar refractivity (Wildman–Crippen MR) is 105 cm³/mol. The van der Waals surface area contributed by atoms with E-state index in [1.807, 2.05) is 37.2 Å². The van der Waals surface area contributed by atoms with Crippen LogP contribution in [0.25, 0.3) is 11.0 Å². The normalized spacial score (nSPS) is 15.3. The number of carbonyl (C=O) groups excluding carboxylic acids is 1. The molecule has 0 unspecified atom stereocenters. The monoisotopic (exact) mass is 384 g/mol. The summed E-state index contributed by atoms with van der Waals surface area (Å²) in [4.78, 5) is 25.8. The number of amides is 1. The highest BCUT2D eigenvalue weighted by Gasteiger charge is 2.27. The van der Waals surface area contributed by atoms with Crippen molar-refractivity contribution in [2.45, 2.75) is 18.9 Å². The first-order valence-electron chi connectivity index (χ1n) is 8.95. The lowest BCUT2D eigenvalue weighted by atomic mass is 10.0. The summed E-state index contributed by atoms with van der Waals surface area (Å²) in [6.07, 6.45) is 5.35. The lowest BCUT2D eigenvalue weighted by Crippen LogP contribution is -2.46. The Morgan fingerprint density at radius 1 is 1.22 bits per heavy atom. The summed E-state index contributed by atoms with van der Waals surface area (Å²) < 4.78 is 1.65. The lowest BCUT2D eigenvalue weighted by Gasteiger charge is -2.37. The molecule has 0 radical (unpaired) electrons. The van der Waals surface area contributed by atoms with Gasteiger partial charge in [0, 0.05) is 44.4 Å².